The van der Waals surface area contributed by atoms with Gasteiger partial charge in [0, 0.05) is 55.1 Å². The van der Waals surface area contributed by atoms with E-state index in [9.17, 15) is 19.7 Å². The molecule has 1 fully saturated rings. The van der Waals surface area contributed by atoms with Gasteiger partial charge < -0.3 is 9.80 Å². The molecule has 1 heterocycles. The Kier molecular flexibility index (Phi) is 4.97. The number of hydrogen-bond acceptors (Lipinski definition) is 5. The lowest BCUT2D eigenvalue weighted by atomic mass is 10.1. The number of nitro benzene ring substituents is 1. The van der Waals surface area contributed by atoms with Gasteiger partial charge in [-0.25, -0.2) is 0 Å². The molecule has 0 aliphatic carbocycles. The number of anilines is 1. The number of non-ortho nitro benzene ring substituents is 1. The van der Waals surface area contributed by atoms with E-state index in [1.807, 2.05) is 12.1 Å². The van der Waals surface area contributed by atoms with Crippen LogP contribution in [0.5, 0.6) is 0 Å². The lowest BCUT2D eigenvalue weighted by Gasteiger charge is -2.36. The van der Waals surface area contributed by atoms with Gasteiger partial charge in [0.05, 0.1) is 4.92 Å². The van der Waals surface area contributed by atoms with Crippen molar-refractivity contribution in [3.05, 3.63) is 69.8 Å². The van der Waals surface area contributed by atoms with Crippen molar-refractivity contribution >= 4 is 23.1 Å². The van der Waals surface area contributed by atoms with Crippen LogP contribution in [0.2, 0.25) is 0 Å². The second kappa shape index (κ2) is 7.35. The Labute approximate surface area is 151 Å². The molecule has 3 rings (SSSR count). The van der Waals surface area contributed by atoms with Gasteiger partial charge in [-0.15, -0.1) is 0 Å². The zero-order valence-corrected chi connectivity index (χ0v) is 14.4. The molecule has 0 bridgehead atoms. The minimum atomic E-state index is -0.501. The molecular weight excluding hydrogens is 334 g/mol. The topological polar surface area (TPSA) is 83.8 Å². The van der Waals surface area contributed by atoms with E-state index in [2.05, 4.69) is 4.90 Å². The molecule has 0 atom stereocenters. The van der Waals surface area contributed by atoms with Gasteiger partial charge in [-0.05, 0) is 37.3 Å². The largest absolute Gasteiger partial charge is 0.368 e. The number of nitro groups is 1. The van der Waals surface area contributed by atoms with Crippen molar-refractivity contribution in [3.8, 4) is 0 Å². The maximum Gasteiger partial charge on any atom is 0.270 e. The number of hydrogen-bond donors (Lipinski definition) is 0. The second-order valence-corrected chi connectivity index (χ2v) is 6.19. The molecule has 1 amide bonds. The predicted octanol–water partition coefficient (Wildman–Crippen LogP) is 2.76. The highest BCUT2D eigenvalue weighted by Gasteiger charge is 2.23. The molecule has 2 aromatic carbocycles. The monoisotopic (exact) mass is 353 g/mol. The van der Waals surface area contributed by atoms with Crippen molar-refractivity contribution in [2.45, 2.75) is 6.92 Å². The smallest absolute Gasteiger partial charge is 0.270 e. The standard InChI is InChI=1S/C19H19N3O4/c1-14(23)15-5-7-17(8-6-15)20-9-11-21(12-10-20)19(24)16-3-2-4-18(13-16)22(25)26/h2-8,13H,9-12H2,1H3. The third kappa shape index (κ3) is 3.72. The van der Waals surface area contributed by atoms with E-state index in [4.69, 9.17) is 0 Å². The molecule has 26 heavy (non-hydrogen) atoms. The summed E-state index contributed by atoms with van der Waals surface area (Å²) in [6.07, 6.45) is 0. The number of ketones is 1. The second-order valence-electron chi connectivity index (χ2n) is 6.19. The van der Waals surface area contributed by atoms with Crippen LogP contribution in [0.25, 0.3) is 0 Å². The molecule has 0 saturated carbocycles. The quantitative estimate of drug-likeness (QED) is 0.479. The lowest BCUT2D eigenvalue weighted by Crippen LogP contribution is -2.48. The van der Waals surface area contributed by atoms with Gasteiger partial charge in [-0.1, -0.05) is 6.07 Å². The minimum absolute atomic E-state index is 0.0314. The van der Waals surface area contributed by atoms with Gasteiger partial charge in [0.25, 0.3) is 11.6 Å². The van der Waals surface area contributed by atoms with E-state index < -0.39 is 4.92 Å². The summed E-state index contributed by atoms with van der Waals surface area (Å²) in [5.74, 6) is -0.163. The van der Waals surface area contributed by atoms with E-state index in [0.29, 0.717) is 37.3 Å². The highest BCUT2D eigenvalue weighted by molar-refractivity contribution is 5.95. The Morgan fingerprint density at radius 3 is 2.19 bits per heavy atom. The number of piperazine rings is 1. The molecule has 0 N–H and O–H groups in total. The van der Waals surface area contributed by atoms with E-state index in [1.54, 1.807) is 23.1 Å². The number of amides is 1. The van der Waals surface area contributed by atoms with E-state index in [0.717, 1.165) is 5.69 Å². The number of carbonyl (C=O) groups excluding carboxylic acids is 2. The van der Waals surface area contributed by atoms with Gasteiger partial charge in [0.2, 0.25) is 0 Å². The average molecular weight is 353 g/mol. The van der Waals surface area contributed by atoms with Crippen LogP contribution in [0.3, 0.4) is 0 Å². The fraction of sp³-hybridized carbons (Fsp3) is 0.263. The summed E-state index contributed by atoms with van der Waals surface area (Å²) >= 11 is 0. The third-order valence-electron chi connectivity index (χ3n) is 4.51. The summed E-state index contributed by atoms with van der Waals surface area (Å²) in [5.41, 5.74) is 1.93. The fourth-order valence-electron chi connectivity index (χ4n) is 3.01. The van der Waals surface area contributed by atoms with Gasteiger partial charge in [-0.2, -0.15) is 0 Å². The van der Waals surface area contributed by atoms with Crippen molar-refractivity contribution in [1.82, 2.24) is 4.90 Å². The molecular formula is C19H19N3O4. The van der Waals surface area contributed by atoms with Crippen LogP contribution in [0.1, 0.15) is 27.6 Å². The van der Waals surface area contributed by atoms with Crippen molar-refractivity contribution in [3.63, 3.8) is 0 Å². The summed E-state index contributed by atoms with van der Waals surface area (Å²) in [4.78, 5) is 38.2. The Hall–Kier alpha value is -3.22. The Balaban J connectivity index is 1.64. The summed E-state index contributed by atoms with van der Waals surface area (Å²) in [7, 11) is 0. The summed E-state index contributed by atoms with van der Waals surface area (Å²) in [6.45, 7) is 3.94. The van der Waals surface area contributed by atoms with Gasteiger partial charge in [0.15, 0.2) is 5.78 Å². The first kappa shape index (κ1) is 17.6. The molecule has 0 unspecified atom stereocenters. The Morgan fingerprint density at radius 1 is 0.962 bits per heavy atom. The summed E-state index contributed by atoms with van der Waals surface area (Å²) in [6, 6.07) is 13.2. The molecule has 0 spiro atoms. The molecule has 7 nitrogen and oxygen atoms in total. The molecule has 1 aliphatic heterocycles. The van der Waals surface area contributed by atoms with E-state index in [-0.39, 0.29) is 17.4 Å². The Bertz CT molecular complexity index is 840. The number of carbonyl (C=O) groups is 2. The maximum absolute atomic E-state index is 12.6. The molecule has 2 aromatic rings. The highest BCUT2D eigenvalue weighted by atomic mass is 16.6. The van der Waals surface area contributed by atoms with Gasteiger partial charge >= 0.3 is 0 Å². The summed E-state index contributed by atoms with van der Waals surface area (Å²) < 4.78 is 0. The van der Waals surface area contributed by atoms with Crippen LogP contribution >= 0.6 is 0 Å². The molecule has 1 saturated heterocycles. The molecule has 134 valence electrons. The van der Waals surface area contributed by atoms with E-state index in [1.165, 1.54) is 25.1 Å². The van der Waals surface area contributed by atoms with Crippen molar-refractivity contribution < 1.29 is 14.5 Å². The average Bonchev–Trinajstić information content (AvgIpc) is 2.67. The lowest BCUT2D eigenvalue weighted by molar-refractivity contribution is -0.384. The zero-order valence-electron chi connectivity index (χ0n) is 14.4. The van der Waals surface area contributed by atoms with Crippen molar-refractivity contribution in [2.75, 3.05) is 31.1 Å². The molecule has 1 aliphatic rings. The Morgan fingerprint density at radius 2 is 1.62 bits per heavy atom. The van der Waals surface area contributed by atoms with Crippen LogP contribution in [0, 0.1) is 10.1 Å². The first-order chi connectivity index (χ1) is 12.5. The minimum Gasteiger partial charge on any atom is -0.368 e. The maximum atomic E-state index is 12.6. The third-order valence-corrected chi connectivity index (χ3v) is 4.51. The first-order valence-electron chi connectivity index (χ1n) is 8.35. The van der Waals surface area contributed by atoms with Crippen LogP contribution in [-0.2, 0) is 0 Å². The van der Waals surface area contributed by atoms with Gasteiger partial charge in [0.1, 0.15) is 0 Å². The van der Waals surface area contributed by atoms with Crippen LogP contribution < -0.4 is 4.90 Å². The van der Waals surface area contributed by atoms with Crippen LogP contribution in [0.4, 0.5) is 11.4 Å². The van der Waals surface area contributed by atoms with Crippen LogP contribution in [-0.4, -0.2) is 47.7 Å². The molecule has 7 heteroatoms. The number of rotatable bonds is 4. The first-order valence-corrected chi connectivity index (χ1v) is 8.35. The SMILES string of the molecule is CC(=O)c1ccc(N2CCN(C(=O)c3cccc([N+](=O)[O-])c3)CC2)cc1. The number of nitrogens with zero attached hydrogens (tertiary/aromatic N) is 3. The normalized spacial score (nSPS) is 14.2. The molecule has 0 aromatic heterocycles. The summed E-state index contributed by atoms with van der Waals surface area (Å²) in [5, 5.41) is 10.9. The van der Waals surface area contributed by atoms with E-state index >= 15 is 0 Å². The highest BCUT2D eigenvalue weighted by Crippen LogP contribution is 2.20. The fourth-order valence-corrected chi connectivity index (χ4v) is 3.01. The predicted molar refractivity (Wildman–Crippen MR) is 97.7 cm³/mol. The molecule has 0 radical (unpaired) electrons. The number of Topliss-reactive ketones (excluding diaryl/α,β-unsaturated/α-hetero) is 1. The van der Waals surface area contributed by atoms with Gasteiger partial charge in [-0.3, -0.25) is 19.7 Å². The zero-order chi connectivity index (χ0) is 18.7. The van der Waals surface area contributed by atoms with Crippen LogP contribution in [0.15, 0.2) is 48.5 Å². The van der Waals surface area contributed by atoms with Crippen molar-refractivity contribution in [1.29, 1.82) is 0 Å². The number of benzene rings is 2. The van der Waals surface area contributed by atoms with Crippen molar-refractivity contribution in [2.24, 2.45) is 0 Å².